The monoisotopic (exact) mass is 192 g/mol. The van der Waals surface area contributed by atoms with Crippen LogP contribution in [-0.2, 0) is 4.74 Å². The Balaban J connectivity index is 2.23. The summed E-state index contributed by atoms with van der Waals surface area (Å²) in [4.78, 5) is 6.70. The fourth-order valence-corrected chi connectivity index (χ4v) is 1.96. The highest BCUT2D eigenvalue weighted by atomic mass is 16.5. The van der Waals surface area contributed by atoms with Crippen LogP contribution in [0.3, 0.4) is 0 Å². The lowest BCUT2D eigenvalue weighted by Crippen LogP contribution is -2.50. The van der Waals surface area contributed by atoms with Gasteiger partial charge in [0, 0.05) is 6.20 Å². The second kappa shape index (κ2) is 3.96. The molecule has 3 nitrogen and oxygen atoms in total. The minimum atomic E-state index is 0.411. The van der Waals surface area contributed by atoms with Crippen LogP contribution in [0.25, 0.3) is 0 Å². The number of anilines is 1. The van der Waals surface area contributed by atoms with Crippen molar-refractivity contribution in [1.29, 1.82) is 0 Å². The number of nitrogens with zero attached hydrogens (tertiary/aromatic N) is 2. The first-order chi connectivity index (χ1) is 6.79. The van der Waals surface area contributed by atoms with E-state index in [4.69, 9.17) is 4.74 Å². The molecule has 0 aliphatic carbocycles. The first-order valence-corrected chi connectivity index (χ1v) is 5.06. The van der Waals surface area contributed by atoms with E-state index in [9.17, 15) is 0 Å². The Morgan fingerprint density at radius 3 is 2.57 bits per heavy atom. The van der Waals surface area contributed by atoms with Crippen LogP contribution in [0.15, 0.2) is 24.4 Å². The minimum Gasteiger partial charge on any atom is -0.377 e. The van der Waals surface area contributed by atoms with Gasteiger partial charge in [-0.05, 0) is 26.0 Å². The Bertz CT molecular complexity index is 279. The molecule has 0 spiro atoms. The van der Waals surface area contributed by atoms with Gasteiger partial charge in [0.25, 0.3) is 0 Å². The SMILES string of the molecule is C[C@@H]1COC[C@H](C)N1c1ccccn1. The van der Waals surface area contributed by atoms with E-state index in [2.05, 4.69) is 29.8 Å². The van der Waals surface area contributed by atoms with Crippen LogP contribution in [0, 0.1) is 0 Å². The van der Waals surface area contributed by atoms with Gasteiger partial charge >= 0.3 is 0 Å². The third kappa shape index (κ3) is 1.73. The summed E-state index contributed by atoms with van der Waals surface area (Å²) in [7, 11) is 0. The Hall–Kier alpha value is -1.09. The maximum atomic E-state index is 5.48. The second-order valence-corrected chi connectivity index (χ2v) is 3.83. The Morgan fingerprint density at radius 1 is 1.29 bits per heavy atom. The molecular formula is C11H16N2O. The van der Waals surface area contributed by atoms with Crippen molar-refractivity contribution >= 4 is 5.82 Å². The van der Waals surface area contributed by atoms with Crippen LogP contribution >= 0.6 is 0 Å². The van der Waals surface area contributed by atoms with Gasteiger partial charge in [-0.2, -0.15) is 0 Å². The number of pyridine rings is 1. The molecule has 2 rings (SSSR count). The first kappa shape index (κ1) is 9.46. The van der Waals surface area contributed by atoms with Crippen LogP contribution in [0.2, 0.25) is 0 Å². The zero-order valence-electron chi connectivity index (χ0n) is 8.68. The average molecular weight is 192 g/mol. The molecule has 2 heterocycles. The van der Waals surface area contributed by atoms with E-state index in [1.54, 1.807) is 0 Å². The molecule has 0 aromatic carbocycles. The Morgan fingerprint density at radius 2 is 2.00 bits per heavy atom. The van der Waals surface area contributed by atoms with Crippen molar-refractivity contribution in [3.63, 3.8) is 0 Å². The summed E-state index contributed by atoms with van der Waals surface area (Å²) in [6, 6.07) is 6.84. The highest BCUT2D eigenvalue weighted by molar-refractivity contribution is 5.40. The summed E-state index contributed by atoms with van der Waals surface area (Å²) in [5.74, 6) is 1.05. The van der Waals surface area contributed by atoms with Crippen LogP contribution in [0.5, 0.6) is 0 Å². The van der Waals surface area contributed by atoms with Crippen molar-refractivity contribution < 1.29 is 4.74 Å². The summed E-state index contributed by atoms with van der Waals surface area (Å²) >= 11 is 0. The molecule has 0 saturated carbocycles. The number of hydrogen-bond donors (Lipinski definition) is 0. The summed E-state index contributed by atoms with van der Waals surface area (Å²) in [5.41, 5.74) is 0. The Kier molecular flexibility index (Phi) is 2.68. The quantitative estimate of drug-likeness (QED) is 0.677. The predicted octanol–water partition coefficient (Wildman–Crippen LogP) is 1.70. The Labute approximate surface area is 84.7 Å². The molecular weight excluding hydrogens is 176 g/mol. The zero-order valence-corrected chi connectivity index (χ0v) is 8.68. The molecule has 2 atom stereocenters. The maximum Gasteiger partial charge on any atom is 0.129 e. The van der Waals surface area contributed by atoms with E-state index < -0.39 is 0 Å². The van der Waals surface area contributed by atoms with Gasteiger partial charge < -0.3 is 9.64 Å². The zero-order chi connectivity index (χ0) is 9.97. The summed E-state index contributed by atoms with van der Waals surface area (Å²) in [6.45, 7) is 5.93. The highest BCUT2D eigenvalue weighted by Crippen LogP contribution is 2.20. The molecule has 1 saturated heterocycles. The number of hydrogen-bond acceptors (Lipinski definition) is 3. The van der Waals surface area contributed by atoms with Crippen molar-refractivity contribution in [1.82, 2.24) is 4.98 Å². The summed E-state index contributed by atoms with van der Waals surface area (Å²) in [6.07, 6.45) is 1.84. The lowest BCUT2D eigenvalue weighted by molar-refractivity contribution is 0.0752. The predicted molar refractivity (Wildman–Crippen MR) is 56.5 cm³/mol. The van der Waals surface area contributed by atoms with E-state index in [-0.39, 0.29) is 0 Å². The third-order valence-electron chi connectivity index (χ3n) is 2.58. The molecule has 1 aliphatic heterocycles. The molecule has 3 heteroatoms. The lowest BCUT2D eigenvalue weighted by atomic mass is 10.1. The minimum absolute atomic E-state index is 0.411. The molecule has 0 amide bonds. The fraction of sp³-hybridized carbons (Fsp3) is 0.545. The number of rotatable bonds is 1. The van der Waals surface area contributed by atoms with Gasteiger partial charge in [0.1, 0.15) is 5.82 Å². The molecule has 1 aromatic heterocycles. The van der Waals surface area contributed by atoms with Gasteiger partial charge in [-0.1, -0.05) is 6.07 Å². The molecule has 0 N–H and O–H groups in total. The van der Waals surface area contributed by atoms with Gasteiger partial charge in [0.2, 0.25) is 0 Å². The number of ether oxygens (including phenoxy) is 1. The van der Waals surface area contributed by atoms with Crippen LogP contribution in [0.1, 0.15) is 13.8 Å². The molecule has 1 aromatic rings. The standard InChI is InChI=1S/C11H16N2O/c1-9-7-14-8-10(2)13(9)11-5-3-4-6-12-11/h3-6,9-10H,7-8H2,1-2H3/t9-,10+. The van der Waals surface area contributed by atoms with Gasteiger partial charge in [-0.3, -0.25) is 0 Å². The van der Waals surface area contributed by atoms with Gasteiger partial charge in [-0.25, -0.2) is 4.98 Å². The summed E-state index contributed by atoms with van der Waals surface area (Å²) < 4.78 is 5.48. The van der Waals surface area contributed by atoms with E-state index in [1.807, 2.05) is 18.3 Å². The van der Waals surface area contributed by atoms with E-state index >= 15 is 0 Å². The molecule has 14 heavy (non-hydrogen) atoms. The molecule has 0 unspecified atom stereocenters. The van der Waals surface area contributed by atoms with E-state index in [1.165, 1.54) is 0 Å². The van der Waals surface area contributed by atoms with Gasteiger partial charge in [0.05, 0.1) is 25.3 Å². The smallest absolute Gasteiger partial charge is 0.129 e. The second-order valence-electron chi connectivity index (χ2n) is 3.83. The van der Waals surface area contributed by atoms with Crippen LogP contribution < -0.4 is 4.90 Å². The third-order valence-corrected chi connectivity index (χ3v) is 2.58. The van der Waals surface area contributed by atoms with Crippen molar-refractivity contribution in [2.45, 2.75) is 25.9 Å². The molecule has 1 fully saturated rings. The summed E-state index contributed by atoms with van der Waals surface area (Å²) in [5, 5.41) is 0. The molecule has 76 valence electrons. The van der Waals surface area contributed by atoms with Crippen LogP contribution in [0.4, 0.5) is 5.82 Å². The van der Waals surface area contributed by atoms with E-state index in [0.717, 1.165) is 19.0 Å². The first-order valence-electron chi connectivity index (χ1n) is 5.06. The number of aromatic nitrogens is 1. The molecule has 0 radical (unpaired) electrons. The fourth-order valence-electron chi connectivity index (χ4n) is 1.96. The van der Waals surface area contributed by atoms with Crippen molar-refractivity contribution in [2.24, 2.45) is 0 Å². The lowest BCUT2D eigenvalue weighted by Gasteiger charge is -2.39. The normalized spacial score (nSPS) is 27.7. The van der Waals surface area contributed by atoms with Crippen molar-refractivity contribution in [3.8, 4) is 0 Å². The molecule has 0 bridgehead atoms. The maximum absolute atomic E-state index is 5.48. The topological polar surface area (TPSA) is 25.4 Å². The molecule has 1 aliphatic rings. The average Bonchev–Trinajstić information content (AvgIpc) is 2.19. The van der Waals surface area contributed by atoms with E-state index in [0.29, 0.717) is 12.1 Å². The van der Waals surface area contributed by atoms with Crippen LogP contribution in [-0.4, -0.2) is 30.3 Å². The number of morpholine rings is 1. The van der Waals surface area contributed by atoms with Crippen molar-refractivity contribution in [3.05, 3.63) is 24.4 Å². The van der Waals surface area contributed by atoms with Gasteiger partial charge in [-0.15, -0.1) is 0 Å². The largest absolute Gasteiger partial charge is 0.377 e. The highest BCUT2D eigenvalue weighted by Gasteiger charge is 2.25. The van der Waals surface area contributed by atoms with Crippen molar-refractivity contribution in [2.75, 3.05) is 18.1 Å². The van der Waals surface area contributed by atoms with Gasteiger partial charge in [0.15, 0.2) is 0 Å².